The van der Waals surface area contributed by atoms with Gasteiger partial charge < -0.3 is 10.5 Å². The third-order valence-corrected chi connectivity index (χ3v) is 2.73. The van der Waals surface area contributed by atoms with Gasteiger partial charge in [-0.25, -0.2) is 9.97 Å². The molecule has 2 N–H and O–H groups in total. The predicted molar refractivity (Wildman–Crippen MR) is 74.5 cm³/mol. The molecular weight excluding hydrogens is 293 g/mol. The highest BCUT2D eigenvalue weighted by molar-refractivity contribution is 7.80. The zero-order valence-electron chi connectivity index (χ0n) is 8.93. The van der Waals surface area contributed by atoms with E-state index in [9.17, 15) is 0 Å². The fraction of sp³-hybridized carbons (Fsp3) is 0. The molecular formula is C11H7Cl2N3OS. The minimum Gasteiger partial charge on any atom is -0.436 e. The smallest absolute Gasteiger partial charge is 0.237 e. The molecule has 2 rings (SSSR count). The van der Waals surface area contributed by atoms with Crippen LogP contribution >= 0.6 is 35.4 Å². The van der Waals surface area contributed by atoms with Crippen LogP contribution in [-0.2, 0) is 0 Å². The fourth-order valence-corrected chi connectivity index (χ4v) is 1.72. The van der Waals surface area contributed by atoms with Crippen LogP contribution in [-0.4, -0.2) is 15.0 Å². The highest BCUT2D eigenvalue weighted by atomic mass is 35.5. The number of nitrogens with two attached hydrogens (primary N) is 1. The highest BCUT2D eigenvalue weighted by Crippen LogP contribution is 2.30. The van der Waals surface area contributed by atoms with Crippen molar-refractivity contribution in [2.24, 2.45) is 5.73 Å². The van der Waals surface area contributed by atoms with Crippen LogP contribution in [0.25, 0.3) is 0 Å². The standard InChI is InChI=1S/C11H7Cl2N3OS/c12-6-1-2-9(7(13)3-6)17-10-5-15-8(4-16-10)11(14)18/h1-5H,(H2,14,18). The molecule has 0 saturated heterocycles. The summed E-state index contributed by atoms with van der Waals surface area (Å²) >= 11 is 16.5. The van der Waals surface area contributed by atoms with Crippen molar-refractivity contribution in [3.05, 3.63) is 46.3 Å². The quantitative estimate of drug-likeness (QED) is 0.882. The van der Waals surface area contributed by atoms with E-state index in [1.165, 1.54) is 12.4 Å². The Hall–Kier alpha value is -1.43. The average molecular weight is 300 g/mol. The maximum atomic E-state index is 5.96. The molecule has 0 atom stereocenters. The second-order valence-corrected chi connectivity index (χ2v) is 4.56. The number of hydrogen-bond acceptors (Lipinski definition) is 4. The maximum absolute atomic E-state index is 5.96. The van der Waals surface area contributed by atoms with Crippen molar-refractivity contribution in [2.45, 2.75) is 0 Å². The van der Waals surface area contributed by atoms with Crippen molar-refractivity contribution in [1.82, 2.24) is 9.97 Å². The van der Waals surface area contributed by atoms with Crippen LogP contribution in [0.1, 0.15) is 5.69 Å². The molecule has 4 nitrogen and oxygen atoms in total. The molecule has 0 spiro atoms. The molecule has 1 heterocycles. The monoisotopic (exact) mass is 299 g/mol. The molecule has 0 amide bonds. The van der Waals surface area contributed by atoms with Crippen molar-refractivity contribution < 1.29 is 4.74 Å². The molecule has 1 aromatic heterocycles. The summed E-state index contributed by atoms with van der Waals surface area (Å²) in [6, 6.07) is 4.89. The molecule has 2 aromatic rings. The topological polar surface area (TPSA) is 61.0 Å². The van der Waals surface area contributed by atoms with E-state index in [0.29, 0.717) is 27.4 Å². The summed E-state index contributed by atoms with van der Waals surface area (Å²) in [6.07, 6.45) is 2.85. The van der Waals surface area contributed by atoms with Crippen molar-refractivity contribution in [3.63, 3.8) is 0 Å². The normalized spacial score (nSPS) is 10.1. The van der Waals surface area contributed by atoms with Gasteiger partial charge in [0.05, 0.1) is 17.4 Å². The molecule has 1 aromatic carbocycles. The lowest BCUT2D eigenvalue weighted by molar-refractivity contribution is 0.460. The highest BCUT2D eigenvalue weighted by Gasteiger charge is 2.06. The second kappa shape index (κ2) is 5.48. The Balaban J connectivity index is 2.21. The van der Waals surface area contributed by atoms with Crippen molar-refractivity contribution in [3.8, 4) is 11.6 Å². The van der Waals surface area contributed by atoms with Gasteiger partial charge >= 0.3 is 0 Å². The zero-order valence-corrected chi connectivity index (χ0v) is 11.3. The largest absolute Gasteiger partial charge is 0.436 e. The summed E-state index contributed by atoms with van der Waals surface area (Å²) in [6.45, 7) is 0. The molecule has 0 aliphatic carbocycles. The van der Waals surface area contributed by atoms with E-state index in [1.807, 2.05) is 0 Å². The lowest BCUT2D eigenvalue weighted by Crippen LogP contribution is -2.11. The molecule has 0 saturated carbocycles. The van der Waals surface area contributed by atoms with E-state index in [-0.39, 0.29) is 4.99 Å². The number of nitrogens with zero attached hydrogens (tertiary/aromatic N) is 2. The minimum absolute atomic E-state index is 0.179. The van der Waals surface area contributed by atoms with Gasteiger partial charge in [0.15, 0.2) is 0 Å². The SMILES string of the molecule is NC(=S)c1cnc(Oc2ccc(Cl)cc2Cl)cn1. The minimum atomic E-state index is 0.179. The van der Waals surface area contributed by atoms with Crippen LogP contribution in [0.2, 0.25) is 10.0 Å². The number of ether oxygens (including phenoxy) is 1. The van der Waals surface area contributed by atoms with Crippen LogP contribution < -0.4 is 10.5 Å². The molecule has 0 bridgehead atoms. The van der Waals surface area contributed by atoms with Crippen LogP contribution in [0.5, 0.6) is 11.6 Å². The van der Waals surface area contributed by atoms with E-state index in [2.05, 4.69) is 9.97 Å². The summed E-state index contributed by atoms with van der Waals surface area (Å²) < 4.78 is 5.45. The summed E-state index contributed by atoms with van der Waals surface area (Å²) in [4.78, 5) is 8.19. The fourth-order valence-electron chi connectivity index (χ4n) is 1.17. The Kier molecular flexibility index (Phi) is 3.96. The second-order valence-electron chi connectivity index (χ2n) is 3.28. The van der Waals surface area contributed by atoms with E-state index >= 15 is 0 Å². The van der Waals surface area contributed by atoms with Gasteiger partial charge in [-0.15, -0.1) is 0 Å². The summed E-state index contributed by atoms with van der Waals surface area (Å²) in [5, 5.41) is 0.921. The molecule has 92 valence electrons. The molecule has 7 heteroatoms. The third-order valence-electron chi connectivity index (χ3n) is 1.99. The molecule has 18 heavy (non-hydrogen) atoms. The zero-order chi connectivity index (χ0) is 13.1. The van der Waals surface area contributed by atoms with Crippen molar-refractivity contribution in [2.75, 3.05) is 0 Å². The summed E-state index contributed by atoms with van der Waals surface area (Å²) in [5.74, 6) is 0.734. The average Bonchev–Trinajstić information content (AvgIpc) is 2.33. The molecule has 0 aliphatic heterocycles. The van der Waals surface area contributed by atoms with E-state index in [4.69, 9.17) is 45.9 Å². The van der Waals surface area contributed by atoms with Crippen LogP contribution in [0, 0.1) is 0 Å². The maximum Gasteiger partial charge on any atom is 0.237 e. The lowest BCUT2D eigenvalue weighted by Gasteiger charge is -2.06. The predicted octanol–water partition coefficient (Wildman–Crippen LogP) is 3.21. The van der Waals surface area contributed by atoms with Crippen LogP contribution in [0.4, 0.5) is 0 Å². The van der Waals surface area contributed by atoms with Gasteiger partial charge in [-0.1, -0.05) is 35.4 Å². The Morgan fingerprint density at radius 3 is 2.56 bits per heavy atom. The number of rotatable bonds is 3. The number of aromatic nitrogens is 2. The molecule has 0 unspecified atom stereocenters. The Bertz CT molecular complexity index is 589. The van der Waals surface area contributed by atoms with E-state index < -0.39 is 0 Å². The van der Waals surface area contributed by atoms with Gasteiger partial charge in [-0.3, -0.25) is 0 Å². The van der Waals surface area contributed by atoms with Gasteiger partial charge in [-0.2, -0.15) is 0 Å². The van der Waals surface area contributed by atoms with Gasteiger partial charge in [0.25, 0.3) is 0 Å². The first-order chi connectivity index (χ1) is 8.56. The third kappa shape index (κ3) is 3.07. The number of hydrogen-bond donors (Lipinski definition) is 1. The van der Waals surface area contributed by atoms with Crippen LogP contribution in [0.3, 0.4) is 0 Å². The Morgan fingerprint density at radius 2 is 2.00 bits per heavy atom. The van der Waals surface area contributed by atoms with Crippen molar-refractivity contribution >= 4 is 40.4 Å². The number of halogens is 2. The van der Waals surface area contributed by atoms with E-state index in [0.717, 1.165) is 0 Å². The van der Waals surface area contributed by atoms with Crippen molar-refractivity contribution in [1.29, 1.82) is 0 Å². The van der Waals surface area contributed by atoms with Crippen LogP contribution in [0.15, 0.2) is 30.6 Å². The van der Waals surface area contributed by atoms with Gasteiger partial charge in [0, 0.05) is 5.02 Å². The Labute approximate surface area is 119 Å². The molecule has 0 radical (unpaired) electrons. The first kappa shape index (κ1) is 13.0. The lowest BCUT2D eigenvalue weighted by atomic mass is 10.3. The Morgan fingerprint density at radius 1 is 1.22 bits per heavy atom. The molecule has 0 aliphatic rings. The first-order valence-corrected chi connectivity index (χ1v) is 5.97. The van der Waals surface area contributed by atoms with Gasteiger partial charge in [0.2, 0.25) is 5.88 Å². The summed E-state index contributed by atoms with van der Waals surface area (Å²) in [7, 11) is 0. The number of benzene rings is 1. The summed E-state index contributed by atoms with van der Waals surface area (Å²) in [5.41, 5.74) is 5.84. The first-order valence-electron chi connectivity index (χ1n) is 4.81. The van der Waals surface area contributed by atoms with Gasteiger partial charge in [0.1, 0.15) is 16.4 Å². The molecule has 0 fully saturated rings. The number of thiocarbonyl (C=S) groups is 1. The van der Waals surface area contributed by atoms with Gasteiger partial charge in [-0.05, 0) is 18.2 Å². The van der Waals surface area contributed by atoms with E-state index in [1.54, 1.807) is 18.2 Å².